The lowest BCUT2D eigenvalue weighted by molar-refractivity contribution is 0.0893. The Morgan fingerprint density at radius 2 is 2.24 bits per heavy atom. The van der Waals surface area contributed by atoms with Gasteiger partial charge in [0.25, 0.3) is 5.91 Å². The van der Waals surface area contributed by atoms with Crippen LogP contribution >= 0.6 is 0 Å². The molecule has 2 unspecified atom stereocenters. The second-order valence-corrected chi connectivity index (χ2v) is 5.91. The number of rotatable bonds is 3. The third-order valence-electron chi connectivity index (χ3n) is 4.61. The Morgan fingerprint density at radius 1 is 1.38 bits per heavy atom. The number of benzene rings is 1. The van der Waals surface area contributed by atoms with Gasteiger partial charge >= 0.3 is 0 Å². The van der Waals surface area contributed by atoms with E-state index < -0.39 is 0 Å². The average molecular weight is 290 g/mol. The van der Waals surface area contributed by atoms with E-state index in [-0.39, 0.29) is 17.7 Å². The van der Waals surface area contributed by atoms with Gasteiger partial charge in [0, 0.05) is 24.7 Å². The first-order valence-corrected chi connectivity index (χ1v) is 7.59. The molecule has 0 bridgehead atoms. The molecule has 2 heterocycles. The molecule has 2 saturated heterocycles. The molecule has 2 atom stereocenters. The summed E-state index contributed by atoms with van der Waals surface area (Å²) in [6, 6.07) is 5.59. The molecule has 1 amide bonds. The quantitative estimate of drug-likeness (QED) is 0.890. The number of carbonyl (C=O) groups excluding carboxylic acids is 1. The third-order valence-corrected chi connectivity index (χ3v) is 4.61. The Bertz CT molecular complexity index is 532. The van der Waals surface area contributed by atoms with Gasteiger partial charge < -0.3 is 20.1 Å². The van der Waals surface area contributed by atoms with Gasteiger partial charge in [-0.3, -0.25) is 4.79 Å². The van der Waals surface area contributed by atoms with Crippen LogP contribution in [0.5, 0.6) is 11.5 Å². The normalized spacial score (nSPS) is 25.4. The number of hydrogen-bond donors (Lipinski definition) is 2. The van der Waals surface area contributed by atoms with Crippen LogP contribution in [0.15, 0.2) is 18.2 Å². The van der Waals surface area contributed by atoms with Crippen LogP contribution in [0.2, 0.25) is 0 Å². The van der Waals surface area contributed by atoms with Crippen LogP contribution in [0.1, 0.15) is 36.0 Å². The molecule has 3 rings (SSSR count). The molecule has 114 valence electrons. The minimum atomic E-state index is -0.202. The fourth-order valence-corrected chi connectivity index (χ4v) is 3.45. The van der Waals surface area contributed by atoms with Crippen LogP contribution in [-0.4, -0.2) is 48.2 Å². The van der Waals surface area contributed by atoms with E-state index in [9.17, 15) is 9.90 Å². The number of nitrogens with one attached hydrogen (secondary N) is 1. The number of nitrogens with zero attached hydrogens (tertiary/aromatic N) is 1. The SMILES string of the molecule is COc1ccc(C(=O)NC2CCN3CCCC3C2)c(O)c1. The van der Waals surface area contributed by atoms with Crippen LogP contribution < -0.4 is 10.1 Å². The first-order chi connectivity index (χ1) is 10.2. The van der Waals surface area contributed by atoms with Crippen molar-refractivity contribution >= 4 is 5.91 Å². The fourth-order valence-electron chi connectivity index (χ4n) is 3.45. The summed E-state index contributed by atoms with van der Waals surface area (Å²) in [7, 11) is 1.53. The van der Waals surface area contributed by atoms with Gasteiger partial charge in [-0.15, -0.1) is 0 Å². The minimum absolute atomic E-state index is 0.0369. The number of phenols is 1. The lowest BCUT2D eigenvalue weighted by Crippen LogP contribution is -2.47. The second-order valence-electron chi connectivity index (χ2n) is 5.91. The Hall–Kier alpha value is -1.75. The maximum absolute atomic E-state index is 12.3. The number of phenolic OH excluding ortho intramolecular Hbond substituents is 1. The summed E-state index contributed by atoms with van der Waals surface area (Å²) < 4.78 is 5.03. The number of ether oxygens (including phenoxy) is 1. The number of fused-ring (bicyclic) bond motifs is 1. The molecule has 2 aliphatic rings. The fraction of sp³-hybridized carbons (Fsp3) is 0.562. The number of methoxy groups -OCH3 is 1. The maximum Gasteiger partial charge on any atom is 0.255 e. The van der Waals surface area contributed by atoms with Gasteiger partial charge in [0.2, 0.25) is 0 Å². The smallest absolute Gasteiger partial charge is 0.255 e. The summed E-state index contributed by atoms with van der Waals surface area (Å²) in [5.74, 6) is 0.306. The summed E-state index contributed by atoms with van der Waals surface area (Å²) in [5.41, 5.74) is 0.310. The van der Waals surface area contributed by atoms with E-state index in [0.717, 1.165) is 19.4 Å². The molecule has 0 saturated carbocycles. The van der Waals surface area contributed by atoms with Gasteiger partial charge in [-0.1, -0.05) is 0 Å². The molecule has 1 aromatic rings. The highest BCUT2D eigenvalue weighted by atomic mass is 16.5. The molecular formula is C16H22N2O3. The molecule has 2 aliphatic heterocycles. The highest BCUT2D eigenvalue weighted by Crippen LogP contribution is 2.28. The summed E-state index contributed by atoms with van der Waals surface area (Å²) in [5, 5.41) is 13.0. The zero-order valence-corrected chi connectivity index (χ0v) is 12.3. The van der Waals surface area contributed by atoms with Crippen molar-refractivity contribution in [3.63, 3.8) is 0 Å². The molecule has 5 nitrogen and oxygen atoms in total. The van der Waals surface area contributed by atoms with E-state index in [1.54, 1.807) is 12.1 Å². The highest BCUT2D eigenvalue weighted by Gasteiger charge is 2.32. The van der Waals surface area contributed by atoms with Crippen molar-refractivity contribution < 1.29 is 14.6 Å². The van der Waals surface area contributed by atoms with Crippen LogP contribution in [0, 0.1) is 0 Å². The average Bonchev–Trinajstić information content (AvgIpc) is 2.94. The lowest BCUT2D eigenvalue weighted by Gasteiger charge is -2.35. The summed E-state index contributed by atoms with van der Waals surface area (Å²) >= 11 is 0. The monoisotopic (exact) mass is 290 g/mol. The Balaban J connectivity index is 1.63. The topological polar surface area (TPSA) is 61.8 Å². The molecule has 0 radical (unpaired) electrons. The van der Waals surface area contributed by atoms with Crippen molar-refractivity contribution in [2.45, 2.75) is 37.8 Å². The zero-order valence-electron chi connectivity index (χ0n) is 12.3. The van der Waals surface area contributed by atoms with E-state index in [1.807, 2.05) is 0 Å². The molecule has 0 aliphatic carbocycles. The molecule has 1 aromatic carbocycles. The van der Waals surface area contributed by atoms with E-state index >= 15 is 0 Å². The van der Waals surface area contributed by atoms with Crippen LogP contribution in [0.3, 0.4) is 0 Å². The number of amides is 1. The van der Waals surface area contributed by atoms with Gasteiger partial charge in [-0.25, -0.2) is 0 Å². The van der Waals surface area contributed by atoms with E-state index in [4.69, 9.17) is 4.74 Å². The van der Waals surface area contributed by atoms with E-state index in [2.05, 4.69) is 10.2 Å². The molecule has 5 heteroatoms. The predicted octanol–water partition coefficient (Wildman–Crippen LogP) is 1.76. The lowest BCUT2D eigenvalue weighted by atomic mass is 9.97. The molecular weight excluding hydrogens is 268 g/mol. The van der Waals surface area contributed by atoms with Gasteiger partial charge in [-0.05, 0) is 44.4 Å². The Morgan fingerprint density at radius 3 is 3.00 bits per heavy atom. The molecule has 0 spiro atoms. The van der Waals surface area contributed by atoms with E-state index in [0.29, 0.717) is 17.4 Å². The van der Waals surface area contributed by atoms with Crippen LogP contribution in [0.4, 0.5) is 0 Å². The number of aromatic hydroxyl groups is 1. The van der Waals surface area contributed by atoms with Crippen molar-refractivity contribution in [1.82, 2.24) is 10.2 Å². The standard InChI is InChI=1S/C16H22N2O3/c1-21-13-4-5-14(15(19)10-13)16(20)17-11-6-8-18-7-2-3-12(18)9-11/h4-5,10-12,19H,2-3,6-9H2,1H3,(H,17,20). The van der Waals surface area contributed by atoms with Crippen molar-refractivity contribution in [2.24, 2.45) is 0 Å². The number of hydrogen-bond acceptors (Lipinski definition) is 4. The van der Waals surface area contributed by atoms with Gasteiger partial charge in [0.1, 0.15) is 11.5 Å². The van der Waals surface area contributed by atoms with E-state index in [1.165, 1.54) is 32.6 Å². The highest BCUT2D eigenvalue weighted by molar-refractivity contribution is 5.97. The molecule has 2 fully saturated rings. The second kappa shape index (κ2) is 5.93. The van der Waals surface area contributed by atoms with Crippen molar-refractivity contribution in [1.29, 1.82) is 0 Å². The zero-order chi connectivity index (χ0) is 14.8. The maximum atomic E-state index is 12.3. The number of piperidine rings is 1. The predicted molar refractivity (Wildman–Crippen MR) is 79.7 cm³/mol. The summed E-state index contributed by atoms with van der Waals surface area (Å²) in [6.45, 7) is 2.26. The Kier molecular flexibility index (Phi) is 4.01. The van der Waals surface area contributed by atoms with Crippen LogP contribution in [0.25, 0.3) is 0 Å². The van der Waals surface area contributed by atoms with Gasteiger partial charge in [0.15, 0.2) is 0 Å². The molecule has 2 N–H and O–H groups in total. The van der Waals surface area contributed by atoms with Gasteiger partial charge in [-0.2, -0.15) is 0 Å². The first-order valence-electron chi connectivity index (χ1n) is 7.59. The van der Waals surface area contributed by atoms with Gasteiger partial charge in [0.05, 0.1) is 12.7 Å². The minimum Gasteiger partial charge on any atom is -0.507 e. The summed E-state index contributed by atoms with van der Waals surface area (Å²) in [6.07, 6.45) is 4.51. The molecule has 0 aromatic heterocycles. The molecule has 21 heavy (non-hydrogen) atoms. The number of carbonyl (C=O) groups is 1. The Labute approximate surface area is 124 Å². The first kappa shape index (κ1) is 14.2. The van der Waals surface area contributed by atoms with Crippen LogP contribution in [-0.2, 0) is 0 Å². The summed E-state index contributed by atoms with van der Waals surface area (Å²) in [4.78, 5) is 14.8. The third kappa shape index (κ3) is 2.97. The van der Waals surface area contributed by atoms with Crippen molar-refractivity contribution in [3.05, 3.63) is 23.8 Å². The van der Waals surface area contributed by atoms with Crippen molar-refractivity contribution in [2.75, 3.05) is 20.2 Å². The largest absolute Gasteiger partial charge is 0.507 e. The van der Waals surface area contributed by atoms with Crippen molar-refractivity contribution in [3.8, 4) is 11.5 Å².